The molecule has 1 aromatic heterocycles. The number of hydrogen-bond donors (Lipinski definition) is 1. The van der Waals surface area contributed by atoms with Crippen LogP contribution in [0, 0.1) is 0 Å². The molecule has 25 heavy (non-hydrogen) atoms. The van der Waals surface area contributed by atoms with Crippen LogP contribution < -0.4 is 5.69 Å². The van der Waals surface area contributed by atoms with E-state index >= 15 is 0 Å². The first-order chi connectivity index (χ1) is 11.8. The maximum atomic E-state index is 12.3. The summed E-state index contributed by atoms with van der Waals surface area (Å²) in [6.45, 7) is 9.09. The number of H-pyrrole nitrogens is 1. The molecule has 0 saturated carbocycles. The fourth-order valence-corrected chi connectivity index (χ4v) is 3.50. The number of fused-ring (bicyclic) bond motifs is 1. The topological polar surface area (TPSA) is 67.3 Å². The Balaban J connectivity index is 1.68. The predicted molar refractivity (Wildman–Crippen MR) is 97.7 cm³/mol. The van der Waals surface area contributed by atoms with E-state index in [-0.39, 0.29) is 23.7 Å². The molecule has 2 aromatic rings. The van der Waals surface area contributed by atoms with Crippen molar-refractivity contribution in [2.45, 2.75) is 58.2 Å². The highest BCUT2D eigenvalue weighted by Crippen LogP contribution is 2.26. The Morgan fingerprint density at radius 2 is 1.88 bits per heavy atom. The molecule has 0 radical (unpaired) electrons. The number of hydrogen-bond acceptors (Lipinski definition) is 4. The molecule has 1 atom stereocenters. The van der Waals surface area contributed by atoms with Gasteiger partial charge < -0.3 is 9.72 Å². The lowest BCUT2D eigenvalue weighted by molar-refractivity contribution is -0.161. The van der Waals surface area contributed by atoms with E-state index < -0.39 is 5.60 Å². The molecule has 0 amide bonds. The highest BCUT2D eigenvalue weighted by molar-refractivity contribution is 5.76. The van der Waals surface area contributed by atoms with Crippen molar-refractivity contribution >= 4 is 17.0 Å². The second kappa shape index (κ2) is 6.67. The van der Waals surface area contributed by atoms with Gasteiger partial charge in [0.05, 0.1) is 11.0 Å². The average molecular weight is 345 g/mol. The third-order valence-electron chi connectivity index (χ3n) is 4.78. The molecule has 6 nitrogen and oxygen atoms in total. The number of aromatic nitrogens is 2. The lowest BCUT2D eigenvalue weighted by atomic mass is 10.0. The Kier molecular flexibility index (Phi) is 4.73. The fourth-order valence-electron chi connectivity index (χ4n) is 3.50. The second-order valence-electron chi connectivity index (χ2n) is 7.79. The van der Waals surface area contributed by atoms with Gasteiger partial charge in [-0.2, -0.15) is 0 Å². The Morgan fingerprint density at radius 3 is 2.52 bits per heavy atom. The van der Waals surface area contributed by atoms with Crippen molar-refractivity contribution in [1.29, 1.82) is 0 Å². The second-order valence-corrected chi connectivity index (χ2v) is 7.79. The van der Waals surface area contributed by atoms with Gasteiger partial charge in [-0.25, -0.2) is 4.79 Å². The van der Waals surface area contributed by atoms with Gasteiger partial charge in [0.2, 0.25) is 0 Å². The Hall–Kier alpha value is -2.08. The first-order valence-corrected chi connectivity index (χ1v) is 8.92. The molecule has 0 spiro atoms. The molecule has 3 rings (SSSR count). The van der Waals surface area contributed by atoms with Crippen LogP contribution in [0.4, 0.5) is 0 Å². The van der Waals surface area contributed by atoms with Crippen LogP contribution in [0.2, 0.25) is 0 Å². The SMILES string of the molecule is CC(C(=O)OC(C)(C)C)N1CCC(n2c(=O)[nH]c3ccccc32)CC1. The van der Waals surface area contributed by atoms with Gasteiger partial charge in [0.15, 0.2) is 0 Å². The zero-order valence-electron chi connectivity index (χ0n) is 15.4. The molecule has 136 valence electrons. The van der Waals surface area contributed by atoms with E-state index in [1.165, 1.54) is 0 Å². The maximum Gasteiger partial charge on any atom is 0.326 e. The summed E-state index contributed by atoms with van der Waals surface area (Å²) < 4.78 is 7.35. The van der Waals surface area contributed by atoms with Crippen LogP contribution in [0.3, 0.4) is 0 Å². The highest BCUT2D eigenvalue weighted by atomic mass is 16.6. The molecule has 1 aliphatic rings. The number of esters is 1. The zero-order valence-corrected chi connectivity index (χ0v) is 15.4. The minimum Gasteiger partial charge on any atom is -0.459 e. The number of likely N-dealkylation sites (tertiary alicyclic amines) is 1. The maximum absolute atomic E-state index is 12.3. The number of carbonyl (C=O) groups is 1. The average Bonchev–Trinajstić information content (AvgIpc) is 2.88. The van der Waals surface area contributed by atoms with Crippen molar-refractivity contribution in [1.82, 2.24) is 14.5 Å². The molecule has 6 heteroatoms. The molecule has 1 aliphatic heterocycles. The van der Waals surface area contributed by atoms with Gasteiger partial charge in [-0.1, -0.05) is 12.1 Å². The Morgan fingerprint density at radius 1 is 1.24 bits per heavy atom. The number of piperidine rings is 1. The van der Waals surface area contributed by atoms with Gasteiger partial charge in [0.1, 0.15) is 11.6 Å². The monoisotopic (exact) mass is 345 g/mol. The number of nitrogens with zero attached hydrogens (tertiary/aromatic N) is 2. The molecule has 1 unspecified atom stereocenters. The van der Waals surface area contributed by atoms with E-state index in [1.54, 1.807) is 0 Å². The van der Waals surface area contributed by atoms with Crippen molar-refractivity contribution in [2.24, 2.45) is 0 Å². The predicted octanol–water partition coefficient (Wildman–Crippen LogP) is 2.70. The van der Waals surface area contributed by atoms with Crippen molar-refractivity contribution in [3.8, 4) is 0 Å². The molecular formula is C19H27N3O3. The summed E-state index contributed by atoms with van der Waals surface area (Å²) in [4.78, 5) is 29.7. The summed E-state index contributed by atoms with van der Waals surface area (Å²) in [7, 11) is 0. The van der Waals surface area contributed by atoms with Crippen LogP contribution in [-0.2, 0) is 9.53 Å². The van der Waals surface area contributed by atoms with Gasteiger partial charge in [0.25, 0.3) is 0 Å². The fraction of sp³-hybridized carbons (Fsp3) is 0.579. The number of nitrogens with one attached hydrogen (secondary N) is 1. The minimum absolute atomic E-state index is 0.0557. The number of para-hydroxylation sites is 2. The first kappa shape index (κ1) is 17.7. The minimum atomic E-state index is -0.471. The lowest BCUT2D eigenvalue weighted by Gasteiger charge is -2.36. The zero-order chi connectivity index (χ0) is 18.2. The van der Waals surface area contributed by atoms with E-state index in [2.05, 4.69) is 9.88 Å². The van der Waals surface area contributed by atoms with Crippen LogP contribution in [0.1, 0.15) is 46.6 Å². The first-order valence-electron chi connectivity index (χ1n) is 8.92. The van der Waals surface area contributed by atoms with Gasteiger partial charge >= 0.3 is 11.7 Å². The Labute approximate surface area is 147 Å². The summed E-state index contributed by atoms with van der Waals surface area (Å²) in [6, 6.07) is 7.67. The summed E-state index contributed by atoms with van der Waals surface area (Å²) >= 11 is 0. The number of benzene rings is 1. The third kappa shape index (κ3) is 3.79. The normalized spacial score (nSPS) is 18.4. The molecule has 1 N–H and O–H groups in total. The summed E-state index contributed by atoms with van der Waals surface area (Å²) in [5.41, 5.74) is 1.30. The van der Waals surface area contributed by atoms with Gasteiger partial charge in [-0.15, -0.1) is 0 Å². The number of carbonyl (C=O) groups excluding carboxylic acids is 1. The van der Waals surface area contributed by atoms with Gasteiger partial charge in [-0.3, -0.25) is 14.3 Å². The van der Waals surface area contributed by atoms with Crippen molar-refractivity contribution < 1.29 is 9.53 Å². The Bertz CT molecular complexity index is 807. The molecule has 0 aliphatic carbocycles. The summed E-state index contributed by atoms with van der Waals surface area (Å²) in [5.74, 6) is -0.185. The molecule has 1 saturated heterocycles. The van der Waals surface area contributed by atoms with E-state index in [1.807, 2.05) is 56.5 Å². The highest BCUT2D eigenvalue weighted by Gasteiger charge is 2.31. The molecular weight excluding hydrogens is 318 g/mol. The molecule has 1 aromatic carbocycles. The number of rotatable bonds is 3. The van der Waals surface area contributed by atoms with Crippen LogP contribution >= 0.6 is 0 Å². The van der Waals surface area contributed by atoms with Crippen molar-refractivity contribution in [3.05, 3.63) is 34.7 Å². The summed E-state index contributed by atoms with van der Waals surface area (Å²) in [5, 5.41) is 0. The number of aromatic amines is 1. The number of imidazole rings is 1. The quantitative estimate of drug-likeness (QED) is 0.869. The third-order valence-corrected chi connectivity index (χ3v) is 4.78. The standard InChI is InChI=1S/C19H27N3O3/c1-13(17(23)25-19(2,3)4)21-11-9-14(10-12-21)22-16-8-6-5-7-15(16)20-18(22)24/h5-8,13-14H,9-12H2,1-4H3,(H,20,24). The van der Waals surface area contributed by atoms with Crippen LogP contribution in [0.25, 0.3) is 11.0 Å². The van der Waals surface area contributed by atoms with Crippen molar-refractivity contribution in [3.63, 3.8) is 0 Å². The van der Waals surface area contributed by atoms with E-state index in [0.29, 0.717) is 0 Å². The lowest BCUT2D eigenvalue weighted by Crippen LogP contribution is -2.47. The van der Waals surface area contributed by atoms with Crippen LogP contribution in [0.5, 0.6) is 0 Å². The number of ether oxygens (including phenoxy) is 1. The van der Waals surface area contributed by atoms with Crippen molar-refractivity contribution in [2.75, 3.05) is 13.1 Å². The molecule has 0 bridgehead atoms. The van der Waals surface area contributed by atoms with Crippen LogP contribution in [-0.4, -0.2) is 45.2 Å². The van der Waals surface area contributed by atoms with Crippen LogP contribution in [0.15, 0.2) is 29.1 Å². The largest absolute Gasteiger partial charge is 0.459 e. The van der Waals surface area contributed by atoms with Gasteiger partial charge in [-0.05, 0) is 52.7 Å². The van der Waals surface area contributed by atoms with Gasteiger partial charge in [0, 0.05) is 19.1 Å². The van der Waals surface area contributed by atoms with E-state index in [9.17, 15) is 9.59 Å². The van der Waals surface area contributed by atoms with E-state index in [0.717, 1.165) is 37.0 Å². The van der Waals surface area contributed by atoms with E-state index in [4.69, 9.17) is 4.74 Å². The smallest absolute Gasteiger partial charge is 0.326 e. The molecule has 1 fully saturated rings. The summed E-state index contributed by atoms with van der Waals surface area (Å²) in [6.07, 6.45) is 1.68. The molecule has 2 heterocycles.